The van der Waals surface area contributed by atoms with E-state index in [9.17, 15) is 22.4 Å². The van der Waals surface area contributed by atoms with Gasteiger partial charge >= 0.3 is 12.2 Å². The molecule has 184 valence electrons. The molecule has 0 unspecified atom stereocenters. The minimum absolute atomic E-state index is 0.0249. The molecule has 1 aromatic rings. The topological polar surface area (TPSA) is 112 Å². The molecule has 0 bridgehead atoms. The van der Waals surface area contributed by atoms with Crippen LogP contribution in [0, 0.1) is 5.82 Å². The van der Waals surface area contributed by atoms with Crippen LogP contribution in [0.5, 0.6) is 5.75 Å². The number of benzene rings is 1. The predicted octanol–water partition coefficient (Wildman–Crippen LogP) is 2.91. The average molecular weight is 489 g/mol. The highest BCUT2D eigenvalue weighted by Gasteiger charge is 2.34. The summed E-state index contributed by atoms with van der Waals surface area (Å²) in [5.41, 5.74) is -0.316. The number of amides is 2. The van der Waals surface area contributed by atoms with Crippen molar-refractivity contribution < 1.29 is 40.8 Å². The summed E-state index contributed by atoms with van der Waals surface area (Å²) in [5.74, 6) is -0.607. The van der Waals surface area contributed by atoms with E-state index in [0.29, 0.717) is 25.9 Å². The fraction of sp³-hybridized carbons (Fsp3) is 0.619. The van der Waals surface area contributed by atoms with Crippen LogP contribution in [0.1, 0.15) is 33.6 Å². The first-order valence-electron chi connectivity index (χ1n) is 10.6. The highest BCUT2D eigenvalue weighted by molar-refractivity contribution is 7.85. The highest BCUT2D eigenvalue weighted by atomic mass is 32.2. The Morgan fingerprint density at radius 2 is 1.91 bits per heavy atom. The second kappa shape index (κ2) is 9.72. The normalized spacial score (nSPS) is 20.0. The molecule has 2 saturated heterocycles. The number of nitrogens with zero attached hydrogens (tertiary/aromatic N) is 2. The van der Waals surface area contributed by atoms with Crippen LogP contribution in [0.3, 0.4) is 0 Å². The van der Waals surface area contributed by atoms with Gasteiger partial charge in [-0.2, -0.15) is 8.42 Å². The van der Waals surface area contributed by atoms with Crippen molar-refractivity contribution in [1.82, 2.24) is 4.90 Å². The van der Waals surface area contributed by atoms with Gasteiger partial charge in [0, 0.05) is 32.0 Å². The first-order chi connectivity index (χ1) is 15.3. The number of piperidine rings is 1. The highest BCUT2D eigenvalue weighted by Crippen LogP contribution is 2.29. The molecule has 0 spiro atoms. The number of likely N-dealkylation sites (tertiary alicyclic amines) is 1. The van der Waals surface area contributed by atoms with Crippen molar-refractivity contribution in [2.45, 2.75) is 51.4 Å². The van der Waals surface area contributed by atoms with Crippen molar-refractivity contribution in [3.05, 3.63) is 24.0 Å². The number of carbonyl (C=O) groups excluding carboxylic acids is 2. The number of ether oxygens (including phenoxy) is 3. The summed E-state index contributed by atoms with van der Waals surface area (Å²) >= 11 is 0. The third kappa shape index (κ3) is 7.19. The van der Waals surface area contributed by atoms with Crippen LogP contribution in [0.2, 0.25) is 0 Å². The zero-order chi connectivity index (χ0) is 24.4. The molecular weight excluding hydrogens is 459 g/mol. The zero-order valence-corrected chi connectivity index (χ0v) is 19.9. The number of anilines is 1. The van der Waals surface area contributed by atoms with E-state index in [1.165, 1.54) is 17.0 Å². The maximum atomic E-state index is 14.7. The van der Waals surface area contributed by atoms with Crippen molar-refractivity contribution in [3.8, 4) is 5.75 Å². The Hall–Kier alpha value is -2.60. The average Bonchev–Trinajstić information content (AvgIpc) is 3.07. The van der Waals surface area contributed by atoms with Crippen molar-refractivity contribution in [1.29, 1.82) is 0 Å². The Labute approximate surface area is 192 Å². The van der Waals surface area contributed by atoms with Crippen molar-refractivity contribution in [3.63, 3.8) is 0 Å². The summed E-state index contributed by atoms with van der Waals surface area (Å²) in [4.78, 5) is 27.1. The summed E-state index contributed by atoms with van der Waals surface area (Å²) < 4.78 is 57.8. The van der Waals surface area contributed by atoms with Crippen LogP contribution in [0.15, 0.2) is 18.2 Å². The van der Waals surface area contributed by atoms with Crippen molar-refractivity contribution in [2.24, 2.45) is 0 Å². The van der Waals surface area contributed by atoms with Crippen molar-refractivity contribution in [2.75, 3.05) is 37.4 Å². The molecule has 0 saturated carbocycles. The second-order valence-corrected chi connectivity index (χ2v) is 10.6. The lowest BCUT2D eigenvalue weighted by Crippen LogP contribution is -2.44. The lowest BCUT2D eigenvalue weighted by Gasteiger charge is -2.33. The molecule has 3 rings (SSSR count). The molecule has 2 aliphatic heterocycles. The zero-order valence-electron chi connectivity index (χ0n) is 19.1. The third-order valence-electron chi connectivity index (χ3n) is 4.96. The molecule has 2 aliphatic rings. The maximum Gasteiger partial charge on any atom is 0.414 e. The molecule has 12 heteroatoms. The Morgan fingerprint density at radius 1 is 1.24 bits per heavy atom. The number of carbonyl (C=O) groups is 2. The van der Waals surface area contributed by atoms with E-state index in [4.69, 9.17) is 14.2 Å². The first kappa shape index (κ1) is 25.0. The van der Waals surface area contributed by atoms with Gasteiger partial charge in [0.1, 0.15) is 24.4 Å². The molecule has 1 atom stereocenters. The van der Waals surface area contributed by atoms with E-state index in [1.807, 2.05) is 0 Å². The van der Waals surface area contributed by atoms with Gasteiger partial charge < -0.3 is 19.1 Å². The smallest absolute Gasteiger partial charge is 0.414 e. The Bertz CT molecular complexity index is 986. The van der Waals surface area contributed by atoms with Gasteiger partial charge in [-0.15, -0.1) is 0 Å². The number of cyclic esters (lactones) is 1. The Morgan fingerprint density at radius 3 is 2.48 bits per heavy atom. The van der Waals surface area contributed by atoms with E-state index in [2.05, 4.69) is 4.18 Å². The van der Waals surface area contributed by atoms with Gasteiger partial charge in [-0.25, -0.2) is 14.0 Å². The lowest BCUT2D eigenvalue weighted by molar-refractivity contribution is 0.0123. The van der Waals surface area contributed by atoms with Gasteiger partial charge in [0.2, 0.25) is 0 Å². The molecule has 0 radical (unpaired) electrons. The van der Waals surface area contributed by atoms with E-state index in [-0.39, 0.29) is 36.8 Å². The number of halogens is 1. The van der Waals surface area contributed by atoms with E-state index in [0.717, 1.165) is 12.3 Å². The molecule has 0 N–H and O–H groups in total. The lowest BCUT2D eigenvalue weighted by atomic mass is 10.1. The van der Waals surface area contributed by atoms with E-state index >= 15 is 0 Å². The van der Waals surface area contributed by atoms with Gasteiger partial charge in [0.05, 0.1) is 18.5 Å². The molecule has 2 fully saturated rings. The van der Waals surface area contributed by atoms with Gasteiger partial charge in [0.25, 0.3) is 10.1 Å². The van der Waals surface area contributed by atoms with Crippen LogP contribution >= 0.6 is 0 Å². The fourth-order valence-electron chi connectivity index (χ4n) is 3.43. The van der Waals surface area contributed by atoms with Gasteiger partial charge in [-0.3, -0.25) is 9.08 Å². The Balaban J connectivity index is 1.54. The Kier molecular flexibility index (Phi) is 7.37. The van der Waals surface area contributed by atoms with Crippen LogP contribution in [0.25, 0.3) is 0 Å². The molecule has 10 nitrogen and oxygen atoms in total. The van der Waals surface area contributed by atoms with Gasteiger partial charge in [0.15, 0.2) is 11.6 Å². The van der Waals surface area contributed by atoms with Crippen molar-refractivity contribution >= 4 is 28.0 Å². The second-order valence-electron chi connectivity index (χ2n) is 9.00. The van der Waals surface area contributed by atoms with Gasteiger partial charge in [-0.05, 0) is 32.9 Å². The van der Waals surface area contributed by atoms with E-state index < -0.39 is 33.7 Å². The molecule has 2 heterocycles. The van der Waals surface area contributed by atoms with Crippen LogP contribution in [-0.2, 0) is 23.8 Å². The first-order valence-corrected chi connectivity index (χ1v) is 12.4. The molecule has 33 heavy (non-hydrogen) atoms. The largest absolute Gasteiger partial charge is 0.487 e. The third-order valence-corrected chi connectivity index (χ3v) is 5.52. The molecule has 1 aromatic carbocycles. The molecular formula is C21H29FN2O8S. The molecule has 0 aliphatic carbocycles. The SMILES string of the molecule is CC(C)(C)OC(=O)N1CCC(Oc2ccc(N3C[C@H](COS(C)(=O)=O)OC3=O)cc2F)CC1. The predicted molar refractivity (Wildman–Crippen MR) is 116 cm³/mol. The van der Waals surface area contributed by atoms with Crippen LogP contribution in [0.4, 0.5) is 19.7 Å². The summed E-state index contributed by atoms with van der Waals surface area (Å²) in [6.07, 6.45) is -0.202. The molecule has 2 amide bonds. The minimum Gasteiger partial charge on any atom is -0.487 e. The van der Waals surface area contributed by atoms with Crippen LogP contribution < -0.4 is 9.64 Å². The number of hydrogen-bond donors (Lipinski definition) is 0. The van der Waals surface area contributed by atoms with Crippen LogP contribution in [-0.4, -0.2) is 75.8 Å². The summed E-state index contributed by atoms with van der Waals surface area (Å²) in [6.45, 7) is 6.01. The quantitative estimate of drug-likeness (QED) is 0.562. The summed E-state index contributed by atoms with van der Waals surface area (Å²) in [5, 5.41) is 0. The fourth-order valence-corrected chi connectivity index (χ4v) is 3.83. The summed E-state index contributed by atoms with van der Waals surface area (Å²) in [6, 6.07) is 4.11. The maximum absolute atomic E-state index is 14.7. The standard InChI is InChI=1S/C21H29FN2O8S/c1-21(2,3)32-19(25)23-9-7-15(8-10-23)30-18-6-5-14(11-17(18)22)24-12-16(31-20(24)26)13-29-33(4,27)28/h5-6,11,15-16H,7-10,12-13H2,1-4H3/t16-/m1/s1. The molecule has 0 aromatic heterocycles. The van der Waals surface area contributed by atoms with Gasteiger partial charge in [-0.1, -0.05) is 0 Å². The van der Waals surface area contributed by atoms with E-state index in [1.54, 1.807) is 25.7 Å². The number of hydrogen-bond acceptors (Lipinski definition) is 8. The monoisotopic (exact) mass is 488 g/mol. The number of rotatable bonds is 6. The minimum atomic E-state index is -3.67. The summed E-state index contributed by atoms with van der Waals surface area (Å²) in [7, 11) is -3.67.